The van der Waals surface area contributed by atoms with Crippen molar-refractivity contribution in [3.05, 3.63) is 64.7 Å². The number of carbonyl (C=O) groups excluding carboxylic acids is 1. The number of carbonyl (C=O) groups is 1. The van der Waals surface area contributed by atoms with Gasteiger partial charge in [0.15, 0.2) is 16.4 Å². The van der Waals surface area contributed by atoms with Crippen LogP contribution in [-0.2, 0) is 27.6 Å². The van der Waals surface area contributed by atoms with Crippen LogP contribution in [0.2, 0.25) is 0 Å². The van der Waals surface area contributed by atoms with E-state index in [-0.39, 0.29) is 30.1 Å². The van der Waals surface area contributed by atoms with E-state index in [1.807, 2.05) is 44.2 Å². The molecule has 1 atom stereocenters. The summed E-state index contributed by atoms with van der Waals surface area (Å²) in [6.45, 7) is 6.34. The molecule has 1 fully saturated rings. The molecular formula is C23H29NO4S. The maximum Gasteiger partial charge on any atom is 0.261 e. The zero-order chi connectivity index (χ0) is 21.0. The lowest BCUT2D eigenvalue weighted by atomic mass is 10.1. The Morgan fingerprint density at radius 3 is 2.41 bits per heavy atom. The fraction of sp³-hybridized carbons (Fsp3) is 0.435. The Hall–Kier alpha value is -2.34. The van der Waals surface area contributed by atoms with Crippen LogP contribution in [0.25, 0.3) is 0 Å². The SMILES string of the molecule is CCc1ccc(CN(C(=O)COc2cccc(C)c2C)C2CCS(=O)(=O)C2)cc1. The van der Waals surface area contributed by atoms with Gasteiger partial charge in [0, 0.05) is 12.6 Å². The topological polar surface area (TPSA) is 63.7 Å². The molecule has 3 rings (SSSR count). The quantitative estimate of drug-likeness (QED) is 0.695. The molecule has 29 heavy (non-hydrogen) atoms. The number of ether oxygens (including phenoxy) is 1. The molecule has 0 aromatic heterocycles. The summed E-state index contributed by atoms with van der Waals surface area (Å²) in [6, 6.07) is 13.6. The molecule has 0 radical (unpaired) electrons. The van der Waals surface area contributed by atoms with Crippen molar-refractivity contribution in [2.45, 2.75) is 46.2 Å². The third kappa shape index (κ3) is 5.38. The molecule has 5 nitrogen and oxygen atoms in total. The molecule has 1 aliphatic heterocycles. The van der Waals surface area contributed by atoms with Crippen molar-refractivity contribution in [2.24, 2.45) is 0 Å². The number of nitrogens with zero attached hydrogens (tertiary/aromatic N) is 1. The van der Waals surface area contributed by atoms with Crippen LogP contribution in [0.3, 0.4) is 0 Å². The van der Waals surface area contributed by atoms with E-state index >= 15 is 0 Å². The van der Waals surface area contributed by atoms with Gasteiger partial charge in [0.05, 0.1) is 11.5 Å². The van der Waals surface area contributed by atoms with Crippen LogP contribution in [0.4, 0.5) is 0 Å². The third-order valence-electron chi connectivity index (χ3n) is 5.66. The summed E-state index contributed by atoms with van der Waals surface area (Å²) in [5.41, 5.74) is 4.33. The Balaban J connectivity index is 1.76. The zero-order valence-electron chi connectivity index (χ0n) is 17.3. The Bertz CT molecular complexity index is 967. The molecule has 2 aromatic carbocycles. The van der Waals surface area contributed by atoms with E-state index < -0.39 is 9.84 Å². The van der Waals surface area contributed by atoms with Gasteiger partial charge in [0.1, 0.15) is 5.75 Å². The Labute approximate surface area is 173 Å². The summed E-state index contributed by atoms with van der Waals surface area (Å²) >= 11 is 0. The van der Waals surface area contributed by atoms with E-state index in [9.17, 15) is 13.2 Å². The molecule has 1 heterocycles. The van der Waals surface area contributed by atoms with E-state index in [4.69, 9.17) is 4.74 Å². The second-order valence-corrected chi connectivity index (χ2v) is 9.96. The average molecular weight is 416 g/mol. The number of sulfone groups is 1. The molecule has 6 heteroatoms. The number of aryl methyl sites for hydroxylation is 2. The smallest absolute Gasteiger partial charge is 0.261 e. The lowest BCUT2D eigenvalue weighted by Crippen LogP contribution is -2.43. The first kappa shape index (κ1) is 21.4. The Morgan fingerprint density at radius 2 is 1.79 bits per heavy atom. The first-order chi connectivity index (χ1) is 13.8. The summed E-state index contributed by atoms with van der Waals surface area (Å²) in [5.74, 6) is 0.653. The monoisotopic (exact) mass is 415 g/mol. The average Bonchev–Trinajstić information content (AvgIpc) is 3.07. The van der Waals surface area contributed by atoms with Gasteiger partial charge in [-0.15, -0.1) is 0 Å². The Morgan fingerprint density at radius 1 is 1.10 bits per heavy atom. The lowest BCUT2D eigenvalue weighted by molar-refractivity contribution is -0.136. The maximum absolute atomic E-state index is 13.0. The molecule has 1 unspecified atom stereocenters. The first-order valence-corrected chi connectivity index (χ1v) is 11.9. The largest absolute Gasteiger partial charge is 0.483 e. The normalized spacial score (nSPS) is 17.8. The van der Waals surface area contributed by atoms with Gasteiger partial charge in [0.25, 0.3) is 5.91 Å². The zero-order valence-corrected chi connectivity index (χ0v) is 18.2. The van der Waals surface area contributed by atoms with Gasteiger partial charge in [0.2, 0.25) is 0 Å². The molecule has 1 saturated heterocycles. The molecule has 0 N–H and O–H groups in total. The molecule has 2 aromatic rings. The molecular weight excluding hydrogens is 386 g/mol. The second-order valence-electron chi connectivity index (χ2n) is 7.74. The molecule has 156 valence electrons. The van der Waals surface area contributed by atoms with Crippen molar-refractivity contribution in [2.75, 3.05) is 18.1 Å². The van der Waals surface area contributed by atoms with E-state index in [2.05, 4.69) is 19.1 Å². The predicted molar refractivity (Wildman–Crippen MR) is 115 cm³/mol. The number of hydrogen-bond donors (Lipinski definition) is 0. The summed E-state index contributed by atoms with van der Waals surface area (Å²) in [6.07, 6.45) is 1.43. The van der Waals surface area contributed by atoms with Crippen LogP contribution in [0, 0.1) is 13.8 Å². The summed E-state index contributed by atoms with van der Waals surface area (Å²) in [7, 11) is -3.09. The van der Waals surface area contributed by atoms with Gasteiger partial charge < -0.3 is 9.64 Å². The van der Waals surface area contributed by atoms with Crippen molar-refractivity contribution in [1.29, 1.82) is 0 Å². The van der Waals surface area contributed by atoms with Gasteiger partial charge in [-0.3, -0.25) is 4.79 Å². The number of hydrogen-bond acceptors (Lipinski definition) is 4. The summed E-state index contributed by atoms with van der Waals surface area (Å²) in [5, 5.41) is 0. The second kappa shape index (κ2) is 8.99. The summed E-state index contributed by atoms with van der Waals surface area (Å²) < 4.78 is 29.8. The lowest BCUT2D eigenvalue weighted by Gasteiger charge is -2.28. The van der Waals surface area contributed by atoms with Gasteiger partial charge in [-0.1, -0.05) is 43.3 Å². The van der Waals surface area contributed by atoms with Crippen molar-refractivity contribution in [3.63, 3.8) is 0 Å². The van der Waals surface area contributed by atoms with Gasteiger partial charge in [-0.05, 0) is 55.0 Å². The maximum atomic E-state index is 13.0. The van der Waals surface area contributed by atoms with Crippen LogP contribution in [0.1, 0.15) is 35.6 Å². The minimum atomic E-state index is -3.09. The highest BCUT2D eigenvalue weighted by Crippen LogP contribution is 2.23. The standard InChI is InChI=1S/C23H29NO4S/c1-4-19-8-10-20(11-9-19)14-24(21-12-13-29(26,27)16-21)23(25)15-28-22-7-5-6-17(2)18(22)3/h5-11,21H,4,12-16H2,1-3H3. The van der Waals surface area contributed by atoms with E-state index in [0.717, 1.165) is 23.1 Å². The summed E-state index contributed by atoms with van der Waals surface area (Å²) in [4.78, 5) is 14.7. The third-order valence-corrected chi connectivity index (χ3v) is 7.41. The van der Waals surface area contributed by atoms with Crippen molar-refractivity contribution >= 4 is 15.7 Å². The molecule has 1 amide bonds. The van der Waals surface area contributed by atoms with E-state index in [0.29, 0.717) is 18.7 Å². The van der Waals surface area contributed by atoms with Crippen molar-refractivity contribution in [1.82, 2.24) is 4.90 Å². The molecule has 0 aliphatic carbocycles. The number of amides is 1. The fourth-order valence-electron chi connectivity index (χ4n) is 3.62. The van der Waals surface area contributed by atoms with Crippen LogP contribution >= 0.6 is 0 Å². The van der Waals surface area contributed by atoms with Crippen LogP contribution in [0.5, 0.6) is 5.75 Å². The van der Waals surface area contributed by atoms with Crippen LogP contribution in [0.15, 0.2) is 42.5 Å². The highest BCUT2D eigenvalue weighted by Gasteiger charge is 2.34. The predicted octanol–water partition coefficient (Wildman–Crippen LogP) is 3.46. The molecule has 0 saturated carbocycles. The number of rotatable bonds is 7. The minimum absolute atomic E-state index is 0.0231. The highest BCUT2D eigenvalue weighted by molar-refractivity contribution is 7.91. The first-order valence-electron chi connectivity index (χ1n) is 10.1. The van der Waals surface area contributed by atoms with Crippen LogP contribution in [-0.4, -0.2) is 43.4 Å². The molecule has 1 aliphatic rings. The fourth-order valence-corrected chi connectivity index (χ4v) is 5.35. The number of benzene rings is 2. The highest BCUT2D eigenvalue weighted by atomic mass is 32.2. The van der Waals surface area contributed by atoms with Gasteiger partial charge in [-0.25, -0.2) is 8.42 Å². The van der Waals surface area contributed by atoms with E-state index in [1.54, 1.807) is 4.90 Å². The van der Waals surface area contributed by atoms with Gasteiger partial charge in [-0.2, -0.15) is 0 Å². The van der Waals surface area contributed by atoms with Crippen molar-refractivity contribution < 1.29 is 17.9 Å². The van der Waals surface area contributed by atoms with Crippen molar-refractivity contribution in [3.8, 4) is 5.75 Å². The van der Waals surface area contributed by atoms with Gasteiger partial charge >= 0.3 is 0 Å². The molecule has 0 bridgehead atoms. The molecule has 0 spiro atoms. The Kier molecular flexibility index (Phi) is 6.63. The van der Waals surface area contributed by atoms with E-state index in [1.165, 1.54) is 5.56 Å². The minimum Gasteiger partial charge on any atom is -0.483 e. The van der Waals surface area contributed by atoms with Crippen LogP contribution < -0.4 is 4.74 Å².